The third kappa shape index (κ3) is 5.50. The number of likely N-dealkylation sites (N-methyl/N-ethyl adjacent to an activating group) is 1. The standard InChI is InChI=1S/C28H26FN7O2/c1-35-10-12-36(13-11-35)26-16-25-22(14-19(26)6-7-27(38)33-18-37)28(32-17-31-25)34-20-8-9-30-24(15-20)21-4-2-3-5-23(21)29/h2-9,14-18H,10-13H2,1H3,(H,33,37,38)(H,30,31,32,34). The molecule has 0 atom stereocenters. The second-order valence-electron chi connectivity index (χ2n) is 8.94. The number of benzene rings is 2. The van der Waals surface area contributed by atoms with Crippen LogP contribution in [0.3, 0.4) is 0 Å². The maximum absolute atomic E-state index is 14.3. The molecule has 4 aromatic rings. The molecule has 38 heavy (non-hydrogen) atoms. The summed E-state index contributed by atoms with van der Waals surface area (Å²) in [6, 6.07) is 13.9. The van der Waals surface area contributed by atoms with E-state index >= 15 is 0 Å². The van der Waals surface area contributed by atoms with Gasteiger partial charge in [0.15, 0.2) is 0 Å². The van der Waals surface area contributed by atoms with Crippen molar-refractivity contribution in [3.05, 3.63) is 78.5 Å². The first-order valence-electron chi connectivity index (χ1n) is 12.1. The van der Waals surface area contributed by atoms with E-state index in [1.165, 1.54) is 18.5 Å². The molecule has 1 saturated heterocycles. The Balaban J connectivity index is 1.53. The molecule has 1 aliphatic rings. The maximum atomic E-state index is 14.3. The number of halogens is 1. The first kappa shape index (κ1) is 25.0. The smallest absolute Gasteiger partial charge is 0.250 e. The topological polar surface area (TPSA) is 103 Å². The normalized spacial score (nSPS) is 14.1. The van der Waals surface area contributed by atoms with Crippen LogP contribution in [0.15, 0.2) is 67.1 Å². The van der Waals surface area contributed by atoms with E-state index in [0.717, 1.165) is 48.3 Å². The van der Waals surface area contributed by atoms with Gasteiger partial charge in [0, 0.05) is 60.8 Å². The van der Waals surface area contributed by atoms with Gasteiger partial charge in [0.05, 0.1) is 11.2 Å². The van der Waals surface area contributed by atoms with Gasteiger partial charge in [-0.2, -0.15) is 0 Å². The van der Waals surface area contributed by atoms with Gasteiger partial charge in [0.1, 0.15) is 18.0 Å². The molecule has 192 valence electrons. The van der Waals surface area contributed by atoms with E-state index in [2.05, 4.69) is 42.4 Å². The summed E-state index contributed by atoms with van der Waals surface area (Å²) in [6.07, 6.45) is 6.47. The van der Waals surface area contributed by atoms with Crippen LogP contribution in [0.4, 0.5) is 21.6 Å². The Morgan fingerprint density at radius 3 is 2.63 bits per heavy atom. The van der Waals surface area contributed by atoms with E-state index in [1.54, 1.807) is 42.6 Å². The number of aromatic nitrogens is 3. The van der Waals surface area contributed by atoms with Crippen molar-refractivity contribution in [3.63, 3.8) is 0 Å². The minimum Gasteiger partial charge on any atom is -0.368 e. The van der Waals surface area contributed by atoms with Crippen molar-refractivity contribution in [3.8, 4) is 11.3 Å². The average molecular weight is 512 g/mol. The van der Waals surface area contributed by atoms with E-state index in [9.17, 15) is 14.0 Å². The molecule has 0 aliphatic carbocycles. The summed E-state index contributed by atoms with van der Waals surface area (Å²) in [7, 11) is 2.09. The van der Waals surface area contributed by atoms with Gasteiger partial charge < -0.3 is 15.1 Å². The van der Waals surface area contributed by atoms with Crippen molar-refractivity contribution in [1.29, 1.82) is 0 Å². The fourth-order valence-corrected chi connectivity index (χ4v) is 4.40. The SMILES string of the molecule is CN1CCN(c2cc3ncnc(Nc4ccnc(-c5ccccc5F)c4)c3cc2C=CC(=O)NC=O)CC1. The van der Waals surface area contributed by atoms with E-state index in [0.29, 0.717) is 29.2 Å². The molecule has 10 heteroatoms. The minimum absolute atomic E-state index is 0.351. The summed E-state index contributed by atoms with van der Waals surface area (Å²) in [6.45, 7) is 3.48. The highest BCUT2D eigenvalue weighted by atomic mass is 19.1. The van der Waals surface area contributed by atoms with Gasteiger partial charge in [0.25, 0.3) is 0 Å². The molecule has 1 aliphatic heterocycles. The zero-order valence-electron chi connectivity index (χ0n) is 20.8. The highest BCUT2D eigenvalue weighted by Crippen LogP contribution is 2.32. The van der Waals surface area contributed by atoms with Crippen molar-refractivity contribution in [1.82, 2.24) is 25.2 Å². The monoisotopic (exact) mass is 511 g/mol. The molecular formula is C28H26FN7O2. The lowest BCUT2D eigenvalue weighted by Gasteiger charge is -2.35. The predicted molar refractivity (Wildman–Crippen MR) is 145 cm³/mol. The van der Waals surface area contributed by atoms with Crippen molar-refractivity contribution >= 4 is 46.5 Å². The van der Waals surface area contributed by atoms with Gasteiger partial charge in [-0.05, 0) is 55.1 Å². The Labute approximate surface area is 219 Å². The Kier molecular flexibility index (Phi) is 7.32. The Morgan fingerprint density at radius 1 is 1.03 bits per heavy atom. The number of anilines is 3. The van der Waals surface area contributed by atoms with E-state index in [4.69, 9.17) is 0 Å². The number of imide groups is 1. The van der Waals surface area contributed by atoms with Crippen molar-refractivity contribution in [2.45, 2.75) is 0 Å². The molecule has 0 radical (unpaired) electrons. The number of fused-ring (bicyclic) bond motifs is 1. The number of carbonyl (C=O) groups excluding carboxylic acids is 2. The summed E-state index contributed by atoms with van der Waals surface area (Å²) >= 11 is 0. The fraction of sp³-hybridized carbons (Fsp3) is 0.179. The number of hydrogen-bond acceptors (Lipinski definition) is 8. The Hall–Kier alpha value is -4.70. The van der Waals surface area contributed by atoms with Gasteiger partial charge in [0.2, 0.25) is 12.3 Å². The second kappa shape index (κ2) is 11.1. The number of nitrogens with zero attached hydrogens (tertiary/aromatic N) is 5. The maximum Gasteiger partial charge on any atom is 0.250 e. The lowest BCUT2D eigenvalue weighted by Crippen LogP contribution is -2.44. The zero-order chi connectivity index (χ0) is 26.5. The molecule has 2 aromatic carbocycles. The Bertz CT molecular complexity index is 1520. The second-order valence-corrected chi connectivity index (χ2v) is 8.94. The highest BCUT2D eigenvalue weighted by Gasteiger charge is 2.19. The van der Waals surface area contributed by atoms with Gasteiger partial charge >= 0.3 is 0 Å². The number of rotatable bonds is 7. The molecule has 2 amide bonds. The molecule has 5 rings (SSSR count). The van der Waals surface area contributed by atoms with Crippen LogP contribution in [0.5, 0.6) is 0 Å². The summed E-state index contributed by atoms with van der Waals surface area (Å²) < 4.78 is 14.3. The molecule has 0 spiro atoms. The summed E-state index contributed by atoms with van der Waals surface area (Å²) in [5.41, 5.74) is 4.05. The van der Waals surface area contributed by atoms with Crippen LogP contribution in [-0.4, -0.2) is 65.4 Å². The third-order valence-corrected chi connectivity index (χ3v) is 6.42. The van der Waals surface area contributed by atoms with Crippen LogP contribution in [0.25, 0.3) is 28.2 Å². The highest BCUT2D eigenvalue weighted by molar-refractivity contribution is 6.00. The molecule has 0 bridgehead atoms. The first-order valence-corrected chi connectivity index (χ1v) is 12.1. The lowest BCUT2D eigenvalue weighted by molar-refractivity contribution is -0.121. The minimum atomic E-state index is -0.510. The van der Waals surface area contributed by atoms with Gasteiger partial charge in [-0.25, -0.2) is 14.4 Å². The summed E-state index contributed by atoms with van der Waals surface area (Å²) in [4.78, 5) is 40.4. The number of amides is 2. The molecule has 3 heterocycles. The molecule has 2 aromatic heterocycles. The first-order chi connectivity index (χ1) is 18.5. The molecule has 0 unspecified atom stereocenters. The number of piperazine rings is 1. The molecule has 0 saturated carbocycles. The number of pyridine rings is 1. The number of carbonyl (C=O) groups is 2. The predicted octanol–water partition coefficient (Wildman–Crippen LogP) is 3.61. The van der Waals surface area contributed by atoms with Gasteiger partial charge in [-0.1, -0.05) is 12.1 Å². The summed E-state index contributed by atoms with van der Waals surface area (Å²) in [5, 5.41) is 6.18. The molecule has 1 fully saturated rings. The van der Waals surface area contributed by atoms with E-state index < -0.39 is 5.91 Å². The van der Waals surface area contributed by atoms with Crippen LogP contribution in [0.1, 0.15) is 5.56 Å². The van der Waals surface area contributed by atoms with Crippen LogP contribution >= 0.6 is 0 Å². The van der Waals surface area contributed by atoms with Crippen molar-refractivity contribution in [2.75, 3.05) is 43.4 Å². The average Bonchev–Trinajstić information content (AvgIpc) is 2.93. The molecule has 9 nitrogen and oxygen atoms in total. The number of hydrogen-bond donors (Lipinski definition) is 2. The zero-order valence-corrected chi connectivity index (χ0v) is 20.8. The van der Waals surface area contributed by atoms with Crippen LogP contribution in [-0.2, 0) is 9.59 Å². The largest absolute Gasteiger partial charge is 0.368 e. The van der Waals surface area contributed by atoms with Gasteiger partial charge in [-0.3, -0.25) is 19.9 Å². The fourth-order valence-electron chi connectivity index (χ4n) is 4.40. The van der Waals surface area contributed by atoms with Crippen LogP contribution in [0, 0.1) is 5.82 Å². The summed E-state index contributed by atoms with van der Waals surface area (Å²) in [5.74, 6) is -0.307. The molecular weight excluding hydrogens is 485 g/mol. The van der Waals surface area contributed by atoms with Crippen molar-refractivity contribution in [2.24, 2.45) is 0 Å². The van der Waals surface area contributed by atoms with Gasteiger partial charge in [-0.15, -0.1) is 0 Å². The van der Waals surface area contributed by atoms with Crippen LogP contribution < -0.4 is 15.5 Å². The Morgan fingerprint density at radius 2 is 1.84 bits per heavy atom. The van der Waals surface area contributed by atoms with E-state index in [1.807, 2.05) is 12.1 Å². The van der Waals surface area contributed by atoms with E-state index in [-0.39, 0.29) is 5.82 Å². The number of nitrogens with one attached hydrogen (secondary N) is 2. The quantitative estimate of drug-likeness (QED) is 0.287. The lowest BCUT2D eigenvalue weighted by atomic mass is 10.1. The van der Waals surface area contributed by atoms with Crippen LogP contribution in [0.2, 0.25) is 0 Å². The van der Waals surface area contributed by atoms with Crippen molar-refractivity contribution < 1.29 is 14.0 Å². The molecule has 2 N–H and O–H groups in total. The third-order valence-electron chi connectivity index (χ3n) is 6.42.